The van der Waals surface area contributed by atoms with E-state index in [9.17, 15) is 19.0 Å². The lowest BCUT2D eigenvalue weighted by molar-refractivity contribution is -0.161. The Balaban J connectivity index is 4.17. The number of phosphoric acid groups is 1. The molecule has 0 bridgehead atoms. The van der Waals surface area contributed by atoms with Gasteiger partial charge in [0.2, 0.25) is 0 Å². The van der Waals surface area contributed by atoms with Crippen LogP contribution in [0.15, 0.2) is 134 Å². The van der Waals surface area contributed by atoms with Crippen molar-refractivity contribution in [2.75, 3.05) is 26.4 Å². The first-order valence-corrected chi connectivity index (χ1v) is 25.2. The number of phosphoric ester groups is 1. The number of rotatable bonds is 42. The number of ether oxygens (including phenoxy) is 2. The maximum Gasteiger partial charge on any atom is 0.472 e. The largest absolute Gasteiger partial charge is 0.472 e. The molecule has 63 heavy (non-hydrogen) atoms. The Hall–Kier alpha value is -3.85. The summed E-state index contributed by atoms with van der Waals surface area (Å²) < 4.78 is 32.7. The van der Waals surface area contributed by atoms with Gasteiger partial charge in [0.15, 0.2) is 6.10 Å². The zero-order valence-corrected chi connectivity index (χ0v) is 39.9. The Morgan fingerprint density at radius 2 is 0.857 bits per heavy atom. The summed E-state index contributed by atoms with van der Waals surface area (Å²) in [7, 11) is -4.41. The molecule has 0 radical (unpaired) electrons. The van der Waals surface area contributed by atoms with Gasteiger partial charge in [0.1, 0.15) is 6.61 Å². The van der Waals surface area contributed by atoms with Crippen molar-refractivity contribution >= 4 is 19.8 Å². The normalized spacial score (nSPS) is 14.4. The van der Waals surface area contributed by atoms with Gasteiger partial charge in [0, 0.05) is 19.4 Å². The maximum absolute atomic E-state index is 12.6. The Kier molecular flexibility index (Phi) is 44.7. The fraction of sp³-hybridized carbons (Fsp3) is 0.547. The van der Waals surface area contributed by atoms with Gasteiger partial charge in [-0.2, -0.15) is 0 Å². The van der Waals surface area contributed by atoms with Gasteiger partial charge < -0.3 is 20.1 Å². The minimum absolute atomic E-state index is 0.0346. The SMILES string of the molecule is CC/C=C\C/C=C\C/C=C\C/C=C\C/C=C\C/C=C\C/C=C\CCCCCCCCCC(=O)OC(COC(=O)CC/C=C\C/C=C\C/C=C\C/C=C\CC)COP(=O)(O)OCCN. The molecule has 0 aromatic rings. The van der Waals surface area contributed by atoms with Crippen molar-refractivity contribution in [3.05, 3.63) is 134 Å². The van der Waals surface area contributed by atoms with Crippen LogP contribution in [0, 0.1) is 0 Å². The molecule has 0 aromatic heterocycles. The molecule has 0 rings (SSSR count). The van der Waals surface area contributed by atoms with Crippen molar-refractivity contribution < 1.29 is 37.6 Å². The number of allylic oxidation sites excluding steroid dienone is 22. The average Bonchev–Trinajstić information content (AvgIpc) is 3.27. The molecule has 0 heterocycles. The first-order valence-electron chi connectivity index (χ1n) is 23.7. The number of carbonyl (C=O) groups is 2. The van der Waals surface area contributed by atoms with Gasteiger partial charge in [-0.1, -0.05) is 180 Å². The van der Waals surface area contributed by atoms with E-state index in [2.05, 4.69) is 135 Å². The van der Waals surface area contributed by atoms with Gasteiger partial charge in [-0.25, -0.2) is 4.57 Å². The Bertz CT molecular complexity index is 1480. The summed E-state index contributed by atoms with van der Waals surface area (Å²) in [6, 6.07) is 0. The molecule has 0 aliphatic heterocycles. The van der Waals surface area contributed by atoms with Crippen LogP contribution >= 0.6 is 7.82 Å². The third-order valence-electron chi connectivity index (χ3n) is 9.05. The number of unbranched alkanes of at least 4 members (excludes halogenated alkanes) is 7. The molecule has 354 valence electrons. The monoisotopic (exact) mass is 894 g/mol. The summed E-state index contributed by atoms with van der Waals surface area (Å²) in [6.45, 7) is 3.37. The van der Waals surface area contributed by atoms with Crippen molar-refractivity contribution in [1.29, 1.82) is 0 Å². The van der Waals surface area contributed by atoms with Crippen LogP contribution in [0.25, 0.3) is 0 Å². The van der Waals surface area contributed by atoms with Crippen molar-refractivity contribution in [2.24, 2.45) is 5.73 Å². The average molecular weight is 894 g/mol. The standard InChI is InChI=1S/C53H84NO8P/c1-3-5-7-9-11-13-15-17-18-19-20-21-22-23-24-25-26-27-28-29-30-31-32-34-36-38-40-42-44-46-53(56)62-51(50-61-63(57,58)60-48-47-54)49-59-52(55)45-43-41-39-37-35-33-16-14-12-10-8-6-4-2/h5-8,11-14,17-18,20-21,23-24,26-27,29-30,33,35,39,41,51H,3-4,9-10,15-16,19,22,25,28,31-32,34,36-38,40,42-50,54H2,1-2H3,(H,57,58)/b7-5-,8-6-,13-11-,14-12-,18-17-,21-20-,24-23-,27-26-,30-29-,35-33-,41-39-. The van der Waals surface area contributed by atoms with Crippen LogP contribution in [0.1, 0.15) is 155 Å². The van der Waals surface area contributed by atoms with E-state index in [1.54, 1.807) is 0 Å². The van der Waals surface area contributed by atoms with Crippen LogP contribution in [0.5, 0.6) is 0 Å². The summed E-state index contributed by atoms with van der Waals surface area (Å²) in [5.74, 6) is -0.951. The molecule has 0 saturated heterocycles. The Morgan fingerprint density at radius 3 is 1.29 bits per heavy atom. The van der Waals surface area contributed by atoms with E-state index < -0.39 is 32.5 Å². The van der Waals surface area contributed by atoms with E-state index in [4.69, 9.17) is 24.3 Å². The van der Waals surface area contributed by atoms with Crippen LogP contribution in [0.3, 0.4) is 0 Å². The Labute approximate surface area is 383 Å². The Morgan fingerprint density at radius 1 is 0.476 bits per heavy atom. The molecule has 0 aromatic carbocycles. The zero-order valence-electron chi connectivity index (χ0n) is 39.0. The van der Waals surface area contributed by atoms with Crippen LogP contribution in [0.4, 0.5) is 0 Å². The maximum atomic E-state index is 12.6. The van der Waals surface area contributed by atoms with Gasteiger partial charge in [-0.15, -0.1) is 0 Å². The van der Waals surface area contributed by atoms with E-state index in [1.165, 1.54) is 12.8 Å². The minimum Gasteiger partial charge on any atom is -0.462 e. The van der Waals surface area contributed by atoms with Gasteiger partial charge in [0.25, 0.3) is 0 Å². The molecule has 0 aliphatic carbocycles. The topological polar surface area (TPSA) is 134 Å². The molecule has 3 N–H and O–H groups in total. The predicted molar refractivity (Wildman–Crippen MR) is 265 cm³/mol. The van der Waals surface area contributed by atoms with E-state index in [0.29, 0.717) is 12.8 Å². The van der Waals surface area contributed by atoms with Gasteiger partial charge in [-0.3, -0.25) is 18.6 Å². The molecule has 0 amide bonds. The van der Waals surface area contributed by atoms with E-state index >= 15 is 0 Å². The summed E-state index contributed by atoms with van der Waals surface area (Å²) in [4.78, 5) is 34.9. The molecular formula is C53H84NO8P. The van der Waals surface area contributed by atoms with Crippen LogP contribution in [-0.4, -0.2) is 49.3 Å². The summed E-state index contributed by atoms with van der Waals surface area (Å²) in [5, 5.41) is 0. The van der Waals surface area contributed by atoms with E-state index in [0.717, 1.165) is 103 Å². The zero-order chi connectivity index (χ0) is 46.0. The number of hydrogen-bond donors (Lipinski definition) is 2. The van der Waals surface area contributed by atoms with E-state index in [-0.39, 0.29) is 32.6 Å². The molecule has 0 aliphatic rings. The predicted octanol–water partition coefficient (Wildman–Crippen LogP) is 14.3. The lowest BCUT2D eigenvalue weighted by Gasteiger charge is -2.19. The van der Waals surface area contributed by atoms with Crippen LogP contribution in [-0.2, 0) is 32.7 Å². The smallest absolute Gasteiger partial charge is 0.462 e. The number of esters is 2. The highest BCUT2D eigenvalue weighted by Crippen LogP contribution is 2.43. The molecule has 2 unspecified atom stereocenters. The third kappa shape index (κ3) is 47.5. The fourth-order valence-electron chi connectivity index (χ4n) is 5.63. The minimum atomic E-state index is -4.41. The van der Waals surface area contributed by atoms with E-state index in [1.807, 2.05) is 12.2 Å². The molecular weight excluding hydrogens is 810 g/mol. The second kappa shape index (κ2) is 47.6. The molecule has 0 spiro atoms. The quantitative estimate of drug-likeness (QED) is 0.0266. The molecule has 10 heteroatoms. The number of nitrogens with two attached hydrogens (primary N) is 1. The number of carbonyl (C=O) groups excluding carboxylic acids is 2. The highest BCUT2D eigenvalue weighted by atomic mass is 31.2. The lowest BCUT2D eigenvalue weighted by atomic mass is 10.1. The summed E-state index contributed by atoms with van der Waals surface area (Å²) in [6.07, 6.45) is 66.5. The highest BCUT2D eigenvalue weighted by molar-refractivity contribution is 7.47. The van der Waals surface area contributed by atoms with Crippen molar-refractivity contribution in [3.8, 4) is 0 Å². The van der Waals surface area contributed by atoms with Crippen LogP contribution in [0.2, 0.25) is 0 Å². The van der Waals surface area contributed by atoms with Gasteiger partial charge in [-0.05, 0) is 96.3 Å². The highest BCUT2D eigenvalue weighted by Gasteiger charge is 2.25. The second-order valence-electron chi connectivity index (χ2n) is 14.9. The molecule has 0 saturated carbocycles. The van der Waals surface area contributed by atoms with Crippen molar-refractivity contribution in [3.63, 3.8) is 0 Å². The van der Waals surface area contributed by atoms with Crippen molar-refractivity contribution in [1.82, 2.24) is 0 Å². The first kappa shape index (κ1) is 59.1. The van der Waals surface area contributed by atoms with Gasteiger partial charge >= 0.3 is 19.8 Å². The first-order chi connectivity index (χ1) is 30.8. The van der Waals surface area contributed by atoms with Crippen molar-refractivity contribution in [2.45, 2.75) is 161 Å². The summed E-state index contributed by atoms with van der Waals surface area (Å²) in [5.41, 5.74) is 5.35. The second-order valence-corrected chi connectivity index (χ2v) is 16.3. The summed E-state index contributed by atoms with van der Waals surface area (Å²) >= 11 is 0. The lowest BCUT2D eigenvalue weighted by Crippen LogP contribution is -2.29. The van der Waals surface area contributed by atoms with Crippen LogP contribution < -0.4 is 5.73 Å². The molecule has 2 atom stereocenters. The number of hydrogen-bond acceptors (Lipinski definition) is 8. The molecule has 0 fully saturated rings. The van der Waals surface area contributed by atoms with Gasteiger partial charge in [0.05, 0.1) is 13.2 Å². The fourth-order valence-corrected chi connectivity index (χ4v) is 6.39. The third-order valence-corrected chi connectivity index (χ3v) is 10.0. The molecule has 9 nitrogen and oxygen atoms in total.